The van der Waals surface area contributed by atoms with Crippen LogP contribution in [0.4, 0.5) is 11.4 Å². The van der Waals surface area contributed by atoms with Crippen molar-refractivity contribution in [2.45, 2.75) is 26.8 Å². The second-order valence-corrected chi connectivity index (χ2v) is 7.50. The van der Waals surface area contributed by atoms with E-state index in [-0.39, 0.29) is 11.2 Å². The number of pyridine rings is 1. The largest absolute Gasteiger partial charge is 0.460 e. The molecule has 0 aliphatic rings. The van der Waals surface area contributed by atoms with Crippen LogP contribution in [0.1, 0.15) is 23.9 Å². The Hall–Kier alpha value is -4.14. The third-order valence-corrected chi connectivity index (χ3v) is 5.17. The van der Waals surface area contributed by atoms with Crippen LogP contribution < -0.4 is 10.9 Å². The molecule has 0 radical (unpaired) electrons. The number of hydrogen-bond donors (Lipinski definition) is 1. The maximum atomic E-state index is 11.8. The summed E-state index contributed by atoms with van der Waals surface area (Å²) < 4.78 is 8.90. The number of nitro groups is 1. The minimum Gasteiger partial charge on any atom is -0.460 e. The van der Waals surface area contributed by atoms with Crippen molar-refractivity contribution in [3.05, 3.63) is 92.2 Å². The molecule has 0 spiro atoms. The molecule has 1 N–H and O–H groups in total. The van der Waals surface area contributed by atoms with Crippen molar-refractivity contribution in [2.75, 3.05) is 5.32 Å². The number of aromatic nitrogens is 3. The lowest BCUT2D eigenvalue weighted by Gasteiger charge is -2.11. The van der Waals surface area contributed by atoms with Crippen LogP contribution in [0.15, 0.2) is 63.9 Å². The van der Waals surface area contributed by atoms with Crippen molar-refractivity contribution >= 4 is 11.4 Å². The van der Waals surface area contributed by atoms with Crippen molar-refractivity contribution in [1.82, 2.24) is 14.3 Å². The minimum atomic E-state index is -0.423. The Kier molecular flexibility index (Phi) is 5.63. The standard InChI is InChI=1S/C23H23N5O4/c1-4-17-11-21(22-9-5-15(2)32-22)27(25-17)18-7-8-19(20(12-18)28(30)31)24-13-16-6-10-23(29)26(3)14-16/h5-12,14,24H,4,13H2,1-3H3. The molecule has 0 aliphatic carbocycles. The average molecular weight is 433 g/mol. The number of nitrogens with zero attached hydrogens (tertiary/aromatic N) is 4. The number of nitro benzene ring substituents is 1. The van der Waals surface area contributed by atoms with Gasteiger partial charge in [-0.05, 0) is 49.2 Å². The summed E-state index contributed by atoms with van der Waals surface area (Å²) in [5, 5.41) is 19.5. The Balaban J connectivity index is 1.69. The van der Waals surface area contributed by atoms with E-state index < -0.39 is 4.92 Å². The van der Waals surface area contributed by atoms with E-state index in [0.29, 0.717) is 23.7 Å². The molecule has 164 valence electrons. The molecule has 3 aromatic heterocycles. The van der Waals surface area contributed by atoms with Gasteiger partial charge in [-0.3, -0.25) is 14.9 Å². The van der Waals surface area contributed by atoms with Crippen molar-refractivity contribution < 1.29 is 9.34 Å². The van der Waals surface area contributed by atoms with Crippen molar-refractivity contribution in [3.8, 4) is 17.1 Å². The van der Waals surface area contributed by atoms with Gasteiger partial charge in [0.15, 0.2) is 5.76 Å². The predicted octanol–water partition coefficient (Wildman–Crippen LogP) is 4.22. The first-order chi connectivity index (χ1) is 15.4. The first-order valence-corrected chi connectivity index (χ1v) is 10.2. The number of rotatable bonds is 7. The second kappa shape index (κ2) is 8.54. The van der Waals surface area contributed by atoms with E-state index in [4.69, 9.17) is 4.42 Å². The molecule has 9 heteroatoms. The lowest BCUT2D eigenvalue weighted by molar-refractivity contribution is -0.383. The zero-order valence-corrected chi connectivity index (χ0v) is 18.0. The van der Waals surface area contributed by atoms with Gasteiger partial charge in [0.05, 0.1) is 16.3 Å². The first kappa shape index (κ1) is 21.1. The van der Waals surface area contributed by atoms with E-state index in [2.05, 4.69) is 10.4 Å². The fraction of sp³-hybridized carbons (Fsp3) is 0.217. The van der Waals surface area contributed by atoms with Gasteiger partial charge in [-0.1, -0.05) is 13.0 Å². The van der Waals surface area contributed by atoms with Crippen molar-refractivity contribution in [1.29, 1.82) is 0 Å². The Morgan fingerprint density at radius 3 is 2.62 bits per heavy atom. The van der Waals surface area contributed by atoms with Crippen LogP contribution in [0.3, 0.4) is 0 Å². The Morgan fingerprint density at radius 2 is 1.97 bits per heavy atom. The van der Waals surface area contributed by atoms with E-state index in [1.807, 2.05) is 32.0 Å². The number of anilines is 1. The Labute approximate surface area is 184 Å². The molecule has 0 saturated carbocycles. The summed E-state index contributed by atoms with van der Waals surface area (Å²) in [6, 6.07) is 13.8. The molecule has 4 aromatic rings. The normalized spacial score (nSPS) is 11.0. The van der Waals surface area contributed by atoms with Gasteiger partial charge in [-0.25, -0.2) is 4.68 Å². The Bertz CT molecular complexity index is 1350. The number of benzene rings is 1. The number of hydrogen-bond acceptors (Lipinski definition) is 6. The third kappa shape index (κ3) is 4.18. The number of furan rings is 1. The van der Waals surface area contributed by atoms with Crippen LogP contribution in [0.5, 0.6) is 0 Å². The molecule has 4 rings (SSSR count). The molecule has 0 atom stereocenters. The van der Waals surface area contributed by atoms with Crippen LogP contribution in [0.25, 0.3) is 17.1 Å². The Morgan fingerprint density at radius 1 is 1.16 bits per heavy atom. The van der Waals surface area contributed by atoms with Crippen LogP contribution in [-0.2, 0) is 20.0 Å². The molecule has 32 heavy (non-hydrogen) atoms. The molecule has 0 aliphatic heterocycles. The summed E-state index contributed by atoms with van der Waals surface area (Å²) in [4.78, 5) is 22.9. The third-order valence-electron chi connectivity index (χ3n) is 5.17. The fourth-order valence-corrected chi connectivity index (χ4v) is 3.45. The van der Waals surface area contributed by atoms with E-state index in [1.54, 1.807) is 36.1 Å². The van der Waals surface area contributed by atoms with E-state index >= 15 is 0 Å². The molecular formula is C23H23N5O4. The summed E-state index contributed by atoms with van der Waals surface area (Å²) in [5.74, 6) is 1.42. The molecule has 3 heterocycles. The molecule has 0 fully saturated rings. The molecular weight excluding hydrogens is 410 g/mol. The maximum Gasteiger partial charge on any atom is 0.294 e. The summed E-state index contributed by atoms with van der Waals surface area (Å²) in [6.45, 7) is 4.20. The highest BCUT2D eigenvalue weighted by molar-refractivity contribution is 5.67. The number of aryl methyl sites for hydroxylation is 3. The van der Waals surface area contributed by atoms with Gasteiger partial charge in [0.2, 0.25) is 5.56 Å². The monoisotopic (exact) mass is 433 g/mol. The van der Waals surface area contributed by atoms with Crippen LogP contribution in [-0.4, -0.2) is 19.3 Å². The van der Waals surface area contributed by atoms with Gasteiger partial charge < -0.3 is 14.3 Å². The molecule has 0 saturated heterocycles. The molecule has 1 aromatic carbocycles. The predicted molar refractivity (Wildman–Crippen MR) is 121 cm³/mol. The summed E-state index contributed by atoms with van der Waals surface area (Å²) in [7, 11) is 1.66. The summed E-state index contributed by atoms with van der Waals surface area (Å²) in [6.07, 6.45) is 2.42. The van der Waals surface area contributed by atoms with Crippen molar-refractivity contribution in [2.24, 2.45) is 7.05 Å². The molecule has 9 nitrogen and oxygen atoms in total. The first-order valence-electron chi connectivity index (χ1n) is 10.2. The highest BCUT2D eigenvalue weighted by Crippen LogP contribution is 2.31. The van der Waals surface area contributed by atoms with Gasteiger partial charge in [0.1, 0.15) is 17.1 Å². The quantitative estimate of drug-likeness (QED) is 0.345. The van der Waals surface area contributed by atoms with Crippen LogP contribution in [0.2, 0.25) is 0 Å². The second-order valence-electron chi connectivity index (χ2n) is 7.50. The topological polar surface area (TPSA) is 108 Å². The van der Waals surface area contributed by atoms with E-state index in [0.717, 1.165) is 29.1 Å². The highest BCUT2D eigenvalue weighted by atomic mass is 16.6. The SMILES string of the molecule is CCc1cc(-c2ccc(C)o2)n(-c2ccc(NCc3ccc(=O)n(C)c3)c([N+](=O)[O-])c2)n1. The molecule has 0 unspecified atom stereocenters. The lowest BCUT2D eigenvalue weighted by Crippen LogP contribution is -2.16. The highest BCUT2D eigenvalue weighted by Gasteiger charge is 2.19. The van der Waals surface area contributed by atoms with Gasteiger partial charge in [0, 0.05) is 31.9 Å². The summed E-state index contributed by atoms with van der Waals surface area (Å²) in [5.41, 5.74) is 3.18. The maximum absolute atomic E-state index is 11.8. The smallest absolute Gasteiger partial charge is 0.294 e. The van der Waals surface area contributed by atoms with Crippen molar-refractivity contribution in [3.63, 3.8) is 0 Å². The average Bonchev–Trinajstić information content (AvgIpc) is 3.40. The lowest BCUT2D eigenvalue weighted by atomic mass is 10.2. The molecule has 0 amide bonds. The van der Waals surface area contributed by atoms with E-state index in [9.17, 15) is 14.9 Å². The van der Waals surface area contributed by atoms with Gasteiger partial charge in [0.25, 0.3) is 5.69 Å². The van der Waals surface area contributed by atoms with Gasteiger partial charge in [-0.2, -0.15) is 5.10 Å². The fourth-order valence-electron chi connectivity index (χ4n) is 3.45. The number of nitrogens with one attached hydrogen (secondary N) is 1. The minimum absolute atomic E-state index is 0.0672. The zero-order chi connectivity index (χ0) is 22.8. The summed E-state index contributed by atoms with van der Waals surface area (Å²) >= 11 is 0. The van der Waals surface area contributed by atoms with Crippen LogP contribution >= 0.6 is 0 Å². The van der Waals surface area contributed by atoms with E-state index in [1.165, 1.54) is 16.7 Å². The van der Waals surface area contributed by atoms with Gasteiger partial charge >= 0.3 is 0 Å². The van der Waals surface area contributed by atoms with Crippen LogP contribution in [0, 0.1) is 17.0 Å². The zero-order valence-electron chi connectivity index (χ0n) is 18.0. The van der Waals surface area contributed by atoms with Gasteiger partial charge in [-0.15, -0.1) is 0 Å². The molecule has 0 bridgehead atoms.